The SMILES string of the molecule is Cc1cc(F)ccc1CCNc1ncnc(N)c1C. The van der Waals surface area contributed by atoms with Crippen molar-refractivity contribution in [1.29, 1.82) is 0 Å². The highest BCUT2D eigenvalue weighted by atomic mass is 19.1. The average Bonchev–Trinajstić information content (AvgIpc) is 2.37. The van der Waals surface area contributed by atoms with Gasteiger partial charge in [0.15, 0.2) is 0 Å². The number of hydrogen-bond donors (Lipinski definition) is 2. The molecule has 0 saturated carbocycles. The van der Waals surface area contributed by atoms with Crippen LogP contribution in [0.3, 0.4) is 0 Å². The van der Waals surface area contributed by atoms with Crippen LogP contribution in [-0.4, -0.2) is 16.5 Å². The summed E-state index contributed by atoms with van der Waals surface area (Å²) in [6.07, 6.45) is 2.24. The van der Waals surface area contributed by atoms with Crippen molar-refractivity contribution in [2.45, 2.75) is 20.3 Å². The van der Waals surface area contributed by atoms with Crippen molar-refractivity contribution < 1.29 is 4.39 Å². The molecule has 1 aromatic carbocycles. The third kappa shape index (κ3) is 3.19. The summed E-state index contributed by atoms with van der Waals surface area (Å²) in [7, 11) is 0. The molecule has 100 valence electrons. The van der Waals surface area contributed by atoms with Crippen LogP contribution in [0.4, 0.5) is 16.0 Å². The first-order chi connectivity index (χ1) is 9.08. The van der Waals surface area contributed by atoms with E-state index in [4.69, 9.17) is 5.73 Å². The van der Waals surface area contributed by atoms with Crippen molar-refractivity contribution in [2.75, 3.05) is 17.6 Å². The molecule has 2 rings (SSSR count). The summed E-state index contributed by atoms with van der Waals surface area (Å²) in [4.78, 5) is 8.06. The lowest BCUT2D eigenvalue weighted by atomic mass is 10.1. The van der Waals surface area contributed by atoms with Gasteiger partial charge in [-0.05, 0) is 43.5 Å². The van der Waals surface area contributed by atoms with Gasteiger partial charge in [0.05, 0.1) is 0 Å². The lowest BCUT2D eigenvalue weighted by Gasteiger charge is -2.10. The highest BCUT2D eigenvalue weighted by Gasteiger charge is 2.04. The quantitative estimate of drug-likeness (QED) is 0.886. The molecule has 0 aliphatic rings. The number of aromatic nitrogens is 2. The van der Waals surface area contributed by atoms with Gasteiger partial charge in [0.25, 0.3) is 0 Å². The second-order valence-electron chi connectivity index (χ2n) is 4.48. The second kappa shape index (κ2) is 5.65. The molecule has 3 N–H and O–H groups in total. The molecule has 4 nitrogen and oxygen atoms in total. The van der Waals surface area contributed by atoms with Gasteiger partial charge in [0.1, 0.15) is 23.8 Å². The summed E-state index contributed by atoms with van der Waals surface area (Å²) in [5, 5.41) is 3.22. The third-order valence-corrected chi connectivity index (χ3v) is 3.11. The first-order valence-electron chi connectivity index (χ1n) is 6.14. The van der Waals surface area contributed by atoms with Crippen molar-refractivity contribution in [2.24, 2.45) is 0 Å². The molecule has 5 heteroatoms. The van der Waals surface area contributed by atoms with Crippen LogP contribution >= 0.6 is 0 Å². The average molecular weight is 260 g/mol. The van der Waals surface area contributed by atoms with Gasteiger partial charge in [-0.2, -0.15) is 0 Å². The summed E-state index contributed by atoms with van der Waals surface area (Å²) < 4.78 is 13.0. The van der Waals surface area contributed by atoms with E-state index in [9.17, 15) is 4.39 Å². The largest absolute Gasteiger partial charge is 0.383 e. The molecule has 0 aliphatic carbocycles. The molecule has 0 amide bonds. The summed E-state index contributed by atoms with van der Waals surface area (Å²) in [6, 6.07) is 4.84. The number of halogens is 1. The fourth-order valence-electron chi connectivity index (χ4n) is 1.90. The van der Waals surface area contributed by atoms with Gasteiger partial charge in [0, 0.05) is 12.1 Å². The summed E-state index contributed by atoms with van der Waals surface area (Å²) in [5.41, 5.74) is 8.64. The van der Waals surface area contributed by atoms with Gasteiger partial charge in [-0.25, -0.2) is 14.4 Å². The minimum Gasteiger partial charge on any atom is -0.383 e. The maximum Gasteiger partial charge on any atom is 0.134 e. The first kappa shape index (κ1) is 13.3. The molecule has 0 bridgehead atoms. The molecule has 1 aromatic heterocycles. The van der Waals surface area contributed by atoms with Crippen molar-refractivity contribution in [1.82, 2.24) is 9.97 Å². The fourth-order valence-corrected chi connectivity index (χ4v) is 1.90. The van der Waals surface area contributed by atoms with Gasteiger partial charge < -0.3 is 11.1 Å². The molecule has 19 heavy (non-hydrogen) atoms. The summed E-state index contributed by atoms with van der Waals surface area (Å²) >= 11 is 0. The van der Waals surface area contributed by atoms with E-state index >= 15 is 0 Å². The van der Waals surface area contributed by atoms with E-state index in [1.165, 1.54) is 12.4 Å². The molecule has 0 radical (unpaired) electrons. The van der Waals surface area contributed by atoms with E-state index in [-0.39, 0.29) is 5.82 Å². The van der Waals surface area contributed by atoms with Crippen LogP contribution < -0.4 is 11.1 Å². The van der Waals surface area contributed by atoms with Gasteiger partial charge >= 0.3 is 0 Å². The topological polar surface area (TPSA) is 63.8 Å². The van der Waals surface area contributed by atoms with E-state index in [2.05, 4.69) is 15.3 Å². The monoisotopic (exact) mass is 260 g/mol. The number of nitrogen functional groups attached to an aromatic ring is 1. The Morgan fingerprint density at radius 1 is 1.26 bits per heavy atom. The van der Waals surface area contributed by atoms with Gasteiger partial charge in [-0.1, -0.05) is 6.07 Å². The van der Waals surface area contributed by atoms with E-state index in [0.29, 0.717) is 12.4 Å². The zero-order valence-corrected chi connectivity index (χ0v) is 11.1. The summed E-state index contributed by atoms with van der Waals surface area (Å²) in [6.45, 7) is 4.50. The minimum absolute atomic E-state index is 0.200. The Labute approximate surface area is 111 Å². The van der Waals surface area contributed by atoms with Crippen LogP contribution in [0, 0.1) is 19.7 Å². The normalized spacial score (nSPS) is 10.5. The predicted octanol–water partition coefficient (Wildman–Crippen LogP) is 2.47. The Hall–Kier alpha value is -2.17. The maximum atomic E-state index is 13.0. The van der Waals surface area contributed by atoms with Crippen molar-refractivity contribution in [3.8, 4) is 0 Å². The highest BCUT2D eigenvalue weighted by Crippen LogP contribution is 2.15. The lowest BCUT2D eigenvalue weighted by molar-refractivity contribution is 0.625. The molecule has 0 spiro atoms. The molecule has 0 saturated heterocycles. The number of aryl methyl sites for hydroxylation is 1. The Morgan fingerprint density at radius 2 is 2.05 bits per heavy atom. The standard InChI is InChI=1S/C14H17FN4/c1-9-7-12(15)4-3-11(9)5-6-17-14-10(2)13(16)18-8-19-14/h3-4,7-8H,5-6H2,1-2H3,(H3,16,17,18,19). The minimum atomic E-state index is -0.200. The molecular weight excluding hydrogens is 243 g/mol. The Bertz CT molecular complexity index is 584. The zero-order valence-electron chi connectivity index (χ0n) is 11.1. The van der Waals surface area contributed by atoms with Crippen LogP contribution in [0.25, 0.3) is 0 Å². The first-order valence-corrected chi connectivity index (χ1v) is 6.14. The van der Waals surface area contributed by atoms with Gasteiger partial charge in [-0.15, -0.1) is 0 Å². The predicted molar refractivity (Wildman–Crippen MR) is 74.5 cm³/mol. The van der Waals surface area contributed by atoms with Crippen molar-refractivity contribution in [3.05, 3.63) is 47.0 Å². The van der Waals surface area contributed by atoms with E-state index in [1.54, 1.807) is 6.07 Å². The molecule has 2 aromatic rings. The maximum absolute atomic E-state index is 13.0. The van der Waals surface area contributed by atoms with Crippen LogP contribution in [-0.2, 0) is 6.42 Å². The van der Waals surface area contributed by atoms with E-state index in [1.807, 2.05) is 19.9 Å². The van der Waals surface area contributed by atoms with Crippen LogP contribution in [0.2, 0.25) is 0 Å². The molecule has 1 heterocycles. The number of hydrogen-bond acceptors (Lipinski definition) is 4. The Balaban J connectivity index is 1.98. The van der Waals surface area contributed by atoms with Crippen LogP contribution in [0.5, 0.6) is 0 Å². The number of nitrogens with two attached hydrogens (primary N) is 1. The molecule has 0 unspecified atom stereocenters. The van der Waals surface area contributed by atoms with E-state index < -0.39 is 0 Å². The van der Waals surface area contributed by atoms with Crippen molar-refractivity contribution >= 4 is 11.6 Å². The van der Waals surface area contributed by atoms with Gasteiger partial charge in [-0.3, -0.25) is 0 Å². The highest BCUT2D eigenvalue weighted by molar-refractivity contribution is 5.53. The third-order valence-electron chi connectivity index (χ3n) is 3.11. The lowest BCUT2D eigenvalue weighted by Crippen LogP contribution is -2.10. The van der Waals surface area contributed by atoms with Gasteiger partial charge in [0.2, 0.25) is 0 Å². The number of nitrogens with zero attached hydrogens (tertiary/aromatic N) is 2. The van der Waals surface area contributed by atoms with Crippen LogP contribution in [0.15, 0.2) is 24.5 Å². The summed E-state index contributed by atoms with van der Waals surface area (Å²) in [5.74, 6) is 1.02. The van der Waals surface area contributed by atoms with Crippen molar-refractivity contribution in [3.63, 3.8) is 0 Å². The number of rotatable bonds is 4. The Kier molecular flexibility index (Phi) is 3.94. The molecular formula is C14H17FN4. The Morgan fingerprint density at radius 3 is 2.79 bits per heavy atom. The number of nitrogens with one attached hydrogen (secondary N) is 1. The van der Waals surface area contributed by atoms with Crippen LogP contribution in [0.1, 0.15) is 16.7 Å². The molecule has 0 aliphatic heterocycles. The fraction of sp³-hybridized carbons (Fsp3) is 0.286. The molecule has 0 fully saturated rings. The molecule has 0 atom stereocenters. The smallest absolute Gasteiger partial charge is 0.134 e. The number of benzene rings is 1. The second-order valence-corrected chi connectivity index (χ2v) is 4.48. The van der Waals surface area contributed by atoms with E-state index in [0.717, 1.165) is 28.9 Å². The zero-order chi connectivity index (χ0) is 13.8. The number of anilines is 2.